The zero-order chi connectivity index (χ0) is 25.2. The highest BCUT2D eigenvalue weighted by atomic mass is 19.4. The first-order valence-electron chi connectivity index (χ1n) is 12.2. The summed E-state index contributed by atoms with van der Waals surface area (Å²) in [5.74, 6) is -7.16. The Morgan fingerprint density at radius 2 is 1.63 bits per heavy atom. The highest BCUT2D eigenvalue weighted by Gasteiger charge is 2.78. The lowest BCUT2D eigenvalue weighted by atomic mass is 9.54. The van der Waals surface area contributed by atoms with Gasteiger partial charge in [-0.2, -0.15) is 13.2 Å². The van der Waals surface area contributed by atoms with E-state index in [1.54, 1.807) is 12.2 Å². The average molecular weight is 492 g/mol. The van der Waals surface area contributed by atoms with Gasteiger partial charge >= 0.3 is 24.1 Å². The third-order valence-corrected chi connectivity index (χ3v) is 10.8. The van der Waals surface area contributed by atoms with Crippen molar-refractivity contribution in [3.63, 3.8) is 0 Å². The van der Waals surface area contributed by atoms with Crippen molar-refractivity contribution in [1.82, 2.24) is 0 Å². The molecule has 0 amide bonds. The predicted octanol–water partition coefficient (Wildman–Crippen LogP) is 4.54. The van der Waals surface area contributed by atoms with Crippen LogP contribution in [0.1, 0.15) is 38.5 Å². The van der Waals surface area contributed by atoms with Crippen LogP contribution in [0.2, 0.25) is 0 Å². The molecule has 6 rings (SSSR count). The highest BCUT2D eigenvalue weighted by molar-refractivity contribution is 5.80. The Morgan fingerprint density at radius 1 is 0.886 bits per heavy atom. The van der Waals surface area contributed by atoms with Gasteiger partial charge in [-0.25, -0.2) is 0 Å². The summed E-state index contributed by atoms with van der Waals surface area (Å²) in [6.45, 7) is 0. The van der Waals surface area contributed by atoms with Gasteiger partial charge in [0.2, 0.25) is 0 Å². The number of carbonyl (C=O) groups is 3. The second-order valence-electron chi connectivity index (χ2n) is 11.9. The highest BCUT2D eigenvalue weighted by Crippen LogP contribution is 2.77. The first-order valence-corrected chi connectivity index (χ1v) is 12.2. The maximum Gasteiger partial charge on any atom is 0.405 e. The van der Waals surface area contributed by atoms with E-state index in [1.807, 2.05) is 18.2 Å². The Bertz CT molecular complexity index is 1120. The summed E-state index contributed by atoms with van der Waals surface area (Å²) in [5.41, 5.74) is -6.44. The van der Waals surface area contributed by atoms with Crippen molar-refractivity contribution in [2.75, 3.05) is 0 Å². The number of alkyl halides is 3. The van der Waals surface area contributed by atoms with Crippen LogP contribution in [-0.2, 0) is 14.4 Å². The Kier molecular flexibility index (Phi) is 4.30. The molecule has 0 saturated heterocycles. The lowest BCUT2D eigenvalue weighted by Crippen LogP contribution is -2.52. The summed E-state index contributed by atoms with van der Waals surface area (Å²) in [6, 6.07) is 0. The van der Waals surface area contributed by atoms with Gasteiger partial charge in [0.25, 0.3) is 0 Å². The summed E-state index contributed by atoms with van der Waals surface area (Å²) in [5, 5.41) is 30.4. The van der Waals surface area contributed by atoms with Crippen LogP contribution in [0.3, 0.4) is 0 Å². The van der Waals surface area contributed by atoms with Gasteiger partial charge in [-0.3, -0.25) is 14.4 Å². The minimum Gasteiger partial charge on any atom is -0.481 e. The van der Waals surface area contributed by atoms with Crippen molar-refractivity contribution in [1.29, 1.82) is 0 Å². The third kappa shape index (κ3) is 2.49. The summed E-state index contributed by atoms with van der Waals surface area (Å²) >= 11 is 0. The van der Waals surface area contributed by atoms with E-state index in [0.717, 1.165) is 6.42 Å². The molecule has 35 heavy (non-hydrogen) atoms. The summed E-state index contributed by atoms with van der Waals surface area (Å²) in [6.07, 6.45) is 6.39. The van der Waals surface area contributed by atoms with Crippen LogP contribution >= 0.6 is 0 Å². The van der Waals surface area contributed by atoms with Crippen LogP contribution in [-0.4, -0.2) is 39.4 Å². The lowest BCUT2D eigenvalue weighted by molar-refractivity contribution is -0.240. The number of hydrogen-bond acceptors (Lipinski definition) is 3. The standard InChI is InChI=1S/C26H27F3O6/c27-26(28,29)25(21(34)35)12-22(5-4-16(25)10-22)24-6-3-14(9-24)17(18(24)19(30)31)11-23(20(32)33)8-13-1-2-15(23)7-13/h1-6,13-18H,7-12H2,(H,30,31)(H,32,33)(H,34,35). The third-order valence-electron chi connectivity index (χ3n) is 10.8. The maximum absolute atomic E-state index is 14.2. The number of carboxylic acid groups (broad SMARTS) is 3. The SMILES string of the molecule is O=C(O)C1C(CC2(C(=O)O)CC3C=CC2C3)C2C=CC1(C13C=CC(C1)C(C(=O)O)(C(F)(F)F)C3)C2. The van der Waals surface area contributed by atoms with Gasteiger partial charge in [-0.05, 0) is 62.2 Å². The van der Waals surface area contributed by atoms with Crippen LogP contribution < -0.4 is 0 Å². The van der Waals surface area contributed by atoms with E-state index in [0.29, 0.717) is 12.8 Å². The smallest absolute Gasteiger partial charge is 0.405 e. The quantitative estimate of drug-likeness (QED) is 0.470. The molecule has 10 unspecified atom stereocenters. The molecular formula is C26H27F3O6. The molecule has 3 N–H and O–H groups in total. The molecule has 0 heterocycles. The summed E-state index contributed by atoms with van der Waals surface area (Å²) in [4.78, 5) is 37.4. The molecule has 0 radical (unpaired) electrons. The van der Waals surface area contributed by atoms with Gasteiger partial charge in [-0.1, -0.05) is 36.5 Å². The number of hydrogen-bond donors (Lipinski definition) is 3. The normalized spacial score (nSPS) is 50.5. The molecule has 3 fully saturated rings. The zero-order valence-corrected chi connectivity index (χ0v) is 18.9. The molecule has 3 saturated carbocycles. The minimum atomic E-state index is -4.98. The Hall–Kier alpha value is -2.58. The van der Waals surface area contributed by atoms with Crippen molar-refractivity contribution in [2.24, 2.45) is 57.2 Å². The number of aliphatic carboxylic acids is 3. The number of fused-ring (bicyclic) bond motifs is 7. The van der Waals surface area contributed by atoms with Crippen LogP contribution in [0.4, 0.5) is 13.2 Å². The summed E-state index contributed by atoms with van der Waals surface area (Å²) in [7, 11) is 0. The van der Waals surface area contributed by atoms with Crippen LogP contribution in [0, 0.1) is 57.2 Å². The van der Waals surface area contributed by atoms with Crippen LogP contribution in [0.15, 0.2) is 36.5 Å². The minimum absolute atomic E-state index is 0.0656. The summed E-state index contributed by atoms with van der Waals surface area (Å²) < 4.78 is 42.7. The van der Waals surface area contributed by atoms with Crippen molar-refractivity contribution < 1.29 is 42.9 Å². The van der Waals surface area contributed by atoms with Gasteiger partial charge in [0.15, 0.2) is 5.41 Å². The lowest BCUT2D eigenvalue weighted by Gasteiger charge is -2.48. The van der Waals surface area contributed by atoms with Gasteiger partial charge in [0, 0.05) is 16.7 Å². The molecule has 0 aromatic carbocycles. The molecular weight excluding hydrogens is 465 g/mol. The number of allylic oxidation sites excluding steroid dienone is 6. The van der Waals surface area contributed by atoms with Crippen LogP contribution in [0.5, 0.6) is 0 Å². The van der Waals surface area contributed by atoms with Crippen molar-refractivity contribution >= 4 is 17.9 Å². The monoisotopic (exact) mass is 492 g/mol. The fourth-order valence-electron chi connectivity index (χ4n) is 9.37. The number of rotatable bonds is 6. The van der Waals surface area contributed by atoms with Gasteiger partial charge < -0.3 is 15.3 Å². The van der Waals surface area contributed by atoms with Gasteiger partial charge in [-0.15, -0.1) is 0 Å². The van der Waals surface area contributed by atoms with Crippen molar-refractivity contribution in [2.45, 2.75) is 44.7 Å². The van der Waals surface area contributed by atoms with Crippen molar-refractivity contribution in [3.05, 3.63) is 36.5 Å². The van der Waals surface area contributed by atoms with Gasteiger partial charge in [0.1, 0.15) is 0 Å². The first kappa shape index (κ1) is 22.9. The molecule has 6 aliphatic carbocycles. The average Bonchev–Trinajstić information content (AvgIpc) is 3.59. The fourth-order valence-corrected chi connectivity index (χ4v) is 9.37. The molecule has 6 nitrogen and oxygen atoms in total. The molecule has 0 aromatic rings. The largest absolute Gasteiger partial charge is 0.481 e. The van der Waals surface area contributed by atoms with Crippen molar-refractivity contribution in [3.8, 4) is 0 Å². The molecule has 10 atom stereocenters. The molecule has 0 spiro atoms. The molecule has 188 valence electrons. The Morgan fingerprint density at radius 3 is 2.14 bits per heavy atom. The zero-order valence-electron chi connectivity index (χ0n) is 18.9. The number of halogens is 3. The second kappa shape index (κ2) is 6.59. The Labute approximate surface area is 199 Å². The second-order valence-corrected chi connectivity index (χ2v) is 11.9. The van der Waals surface area contributed by atoms with Crippen LogP contribution in [0.25, 0.3) is 0 Å². The van der Waals surface area contributed by atoms with E-state index in [2.05, 4.69) is 0 Å². The van der Waals surface area contributed by atoms with E-state index in [4.69, 9.17) is 0 Å². The maximum atomic E-state index is 14.2. The number of carboxylic acids is 3. The van der Waals surface area contributed by atoms with Gasteiger partial charge in [0.05, 0.1) is 11.3 Å². The topological polar surface area (TPSA) is 112 Å². The molecule has 6 bridgehead atoms. The first-order chi connectivity index (χ1) is 16.3. The predicted molar refractivity (Wildman–Crippen MR) is 115 cm³/mol. The molecule has 9 heteroatoms. The van der Waals surface area contributed by atoms with E-state index in [1.165, 1.54) is 6.08 Å². The Balaban J connectivity index is 1.41. The molecule has 6 aliphatic rings. The van der Waals surface area contributed by atoms with E-state index >= 15 is 0 Å². The van der Waals surface area contributed by atoms with E-state index in [-0.39, 0.29) is 30.6 Å². The van der Waals surface area contributed by atoms with E-state index in [9.17, 15) is 42.9 Å². The fraction of sp³-hybridized carbons (Fsp3) is 0.654. The van der Waals surface area contributed by atoms with E-state index < -0.39 is 69.9 Å². The molecule has 0 aromatic heterocycles. The molecule has 0 aliphatic heterocycles.